The Bertz CT molecular complexity index is 470. The van der Waals surface area contributed by atoms with Crippen LogP contribution >= 0.6 is 11.6 Å². The number of carbonyl (C=O) groups excluding carboxylic acids is 1. The van der Waals surface area contributed by atoms with Crippen molar-refractivity contribution in [2.75, 3.05) is 5.43 Å². The van der Waals surface area contributed by atoms with E-state index in [-0.39, 0.29) is 11.4 Å². The fourth-order valence-corrected chi connectivity index (χ4v) is 2.80. The molecule has 1 aliphatic carbocycles. The summed E-state index contributed by atoms with van der Waals surface area (Å²) in [5, 5.41) is 3.65. The summed E-state index contributed by atoms with van der Waals surface area (Å²) in [5.41, 5.74) is 3.48. The summed E-state index contributed by atoms with van der Waals surface area (Å²) >= 11 is 5.95. The standard InChI is InChI=1S/C14H20ClN3O/c1-14(7-3-2-4-8-14)17-13(19)11-9-10(15)5-6-12(11)18-16/h5-6,9,18H,2-4,7-8,16H2,1H3,(H,17,19). The molecule has 0 saturated heterocycles. The molecule has 1 aromatic rings. The van der Waals surface area contributed by atoms with E-state index < -0.39 is 0 Å². The number of hydrogen-bond acceptors (Lipinski definition) is 3. The largest absolute Gasteiger partial charge is 0.347 e. The van der Waals surface area contributed by atoms with Crippen molar-refractivity contribution in [2.24, 2.45) is 5.84 Å². The molecule has 0 heterocycles. The van der Waals surface area contributed by atoms with E-state index in [1.54, 1.807) is 18.2 Å². The molecule has 0 spiro atoms. The molecule has 0 aliphatic heterocycles. The van der Waals surface area contributed by atoms with Crippen molar-refractivity contribution in [1.82, 2.24) is 5.32 Å². The molecule has 1 aliphatic rings. The van der Waals surface area contributed by atoms with E-state index in [1.807, 2.05) is 0 Å². The van der Waals surface area contributed by atoms with Crippen LogP contribution in [-0.2, 0) is 0 Å². The highest BCUT2D eigenvalue weighted by Crippen LogP contribution is 2.28. The Morgan fingerprint density at radius 1 is 1.32 bits per heavy atom. The molecule has 4 nitrogen and oxygen atoms in total. The number of nitrogen functional groups attached to an aromatic ring is 1. The maximum Gasteiger partial charge on any atom is 0.253 e. The van der Waals surface area contributed by atoms with Gasteiger partial charge in [0.1, 0.15) is 0 Å². The molecular weight excluding hydrogens is 262 g/mol. The zero-order valence-electron chi connectivity index (χ0n) is 11.1. The fraction of sp³-hybridized carbons (Fsp3) is 0.500. The Balaban J connectivity index is 2.17. The summed E-state index contributed by atoms with van der Waals surface area (Å²) in [6.45, 7) is 2.10. The van der Waals surface area contributed by atoms with E-state index in [0.717, 1.165) is 25.7 Å². The minimum Gasteiger partial charge on any atom is -0.347 e. The number of hydrogen-bond donors (Lipinski definition) is 3. The van der Waals surface area contributed by atoms with Crippen molar-refractivity contribution in [3.05, 3.63) is 28.8 Å². The normalized spacial score (nSPS) is 17.8. The molecule has 0 radical (unpaired) electrons. The highest BCUT2D eigenvalue weighted by atomic mass is 35.5. The number of amides is 1. The van der Waals surface area contributed by atoms with Gasteiger partial charge >= 0.3 is 0 Å². The average molecular weight is 282 g/mol. The molecule has 0 atom stereocenters. The van der Waals surface area contributed by atoms with Gasteiger partial charge in [0.15, 0.2) is 0 Å². The SMILES string of the molecule is CC1(NC(=O)c2cc(Cl)ccc2NN)CCCCC1. The van der Waals surface area contributed by atoms with Gasteiger partial charge in [0.2, 0.25) is 0 Å². The van der Waals surface area contributed by atoms with Crippen LogP contribution in [0.4, 0.5) is 5.69 Å². The Morgan fingerprint density at radius 3 is 2.63 bits per heavy atom. The molecule has 1 aromatic carbocycles. The summed E-state index contributed by atoms with van der Waals surface area (Å²) in [7, 11) is 0. The van der Waals surface area contributed by atoms with Crippen LogP contribution in [0.2, 0.25) is 5.02 Å². The number of hydrazine groups is 1. The van der Waals surface area contributed by atoms with Crippen LogP contribution in [0.1, 0.15) is 49.4 Å². The van der Waals surface area contributed by atoms with E-state index >= 15 is 0 Å². The molecule has 4 N–H and O–H groups in total. The molecule has 0 aromatic heterocycles. The predicted octanol–water partition coefficient (Wildman–Crippen LogP) is 3.08. The highest BCUT2D eigenvalue weighted by molar-refractivity contribution is 6.31. The second-order valence-electron chi connectivity index (χ2n) is 5.41. The second-order valence-corrected chi connectivity index (χ2v) is 5.85. The quantitative estimate of drug-likeness (QED) is 0.589. The van der Waals surface area contributed by atoms with Crippen molar-refractivity contribution >= 4 is 23.2 Å². The minimum absolute atomic E-state index is 0.122. The summed E-state index contributed by atoms with van der Waals surface area (Å²) in [4.78, 5) is 12.4. The van der Waals surface area contributed by atoms with E-state index in [9.17, 15) is 4.79 Å². The van der Waals surface area contributed by atoms with Crippen molar-refractivity contribution in [1.29, 1.82) is 0 Å². The maximum absolute atomic E-state index is 12.4. The Morgan fingerprint density at radius 2 is 2.00 bits per heavy atom. The summed E-state index contributed by atoms with van der Waals surface area (Å²) in [6, 6.07) is 5.05. The van der Waals surface area contributed by atoms with E-state index in [1.165, 1.54) is 6.42 Å². The smallest absolute Gasteiger partial charge is 0.253 e. The van der Waals surface area contributed by atoms with Gasteiger partial charge in [-0.05, 0) is 38.0 Å². The number of rotatable bonds is 3. The fourth-order valence-electron chi connectivity index (χ4n) is 2.63. The Kier molecular flexibility index (Phi) is 4.32. The average Bonchev–Trinajstić information content (AvgIpc) is 2.39. The molecule has 5 heteroatoms. The summed E-state index contributed by atoms with van der Waals surface area (Å²) in [6.07, 6.45) is 5.61. The number of carbonyl (C=O) groups is 1. The molecule has 104 valence electrons. The third-order valence-electron chi connectivity index (χ3n) is 3.75. The van der Waals surface area contributed by atoms with Gasteiger partial charge in [-0.3, -0.25) is 10.6 Å². The minimum atomic E-state index is -0.125. The van der Waals surface area contributed by atoms with Gasteiger partial charge in [0.25, 0.3) is 5.91 Å². The zero-order valence-corrected chi connectivity index (χ0v) is 11.9. The van der Waals surface area contributed by atoms with E-state index in [0.29, 0.717) is 16.3 Å². The molecule has 1 saturated carbocycles. The molecule has 0 unspecified atom stereocenters. The van der Waals surface area contributed by atoms with Crippen LogP contribution in [0.25, 0.3) is 0 Å². The zero-order chi connectivity index (χ0) is 13.9. The van der Waals surface area contributed by atoms with Crippen molar-refractivity contribution in [3.63, 3.8) is 0 Å². The van der Waals surface area contributed by atoms with Gasteiger partial charge in [-0.2, -0.15) is 0 Å². The van der Waals surface area contributed by atoms with Crippen LogP contribution in [0.5, 0.6) is 0 Å². The lowest BCUT2D eigenvalue weighted by atomic mass is 9.83. The summed E-state index contributed by atoms with van der Waals surface area (Å²) in [5.74, 6) is 5.31. The first-order valence-corrected chi connectivity index (χ1v) is 7.00. The first-order valence-electron chi connectivity index (χ1n) is 6.63. The predicted molar refractivity (Wildman–Crippen MR) is 78.2 cm³/mol. The van der Waals surface area contributed by atoms with Gasteiger partial charge in [-0.25, -0.2) is 0 Å². The van der Waals surface area contributed by atoms with Gasteiger partial charge in [-0.15, -0.1) is 0 Å². The number of nitrogens with two attached hydrogens (primary N) is 1. The van der Waals surface area contributed by atoms with Crippen molar-refractivity contribution in [3.8, 4) is 0 Å². The van der Waals surface area contributed by atoms with Gasteiger partial charge < -0.3 is 10.7 Å². The lowest BCUT2D eigenvalue weighted by molar-refractivity contribution is 0.0883. The van der Waals surface area contributed by atoms with Crippen LogP contribution < -0.4 is 16.6 Å². The molecule has 1 amide bonds. The number of benzene rings is 1. The van der Waals surface area contributed by atoms with Crippen molar-refractivity contribution < 1.29 is 4.79 Å². The monoisotopic (exact) mass is 281 g/mol. The van der Waals surface area contributed by atoms with Crippen LogP contribution in [0, 0.1) is 0 Å². The van der Waals surface area contributed by atoms with Crippen molar-refractivity contribution in [2.45, 2.75) is 44.6 Å². The molecule has 2 rings (SSSR count). The van der Waals surface area contributed by atoms with Crippen LogP contribution in [-0.4, -0.2) is 11.4 Å². The van der Waals surface area contributed by atoms with Gasteiger partial charge in [0, 0.05) is 10.6 Å². The van der Waals surface area contributed by atoms with Crippen LogP contribution in [0.3, 0.4) is 0 Å². The molecule has 0 bridgehead atoms. The lowest BCUT2D eigenvalue weighted by Crippen LogP contribution is -2.47. The molecule has 19 heavy (non-hydrogen) atoms. The Hall–Kier alpha value is -1.26. The van der Waals surface area contributed by atoms with Gasteiger partial charge in [-0.1, -0.05) is 30.9 Å². The molecule has 1 fully saturated rings. The summed E-state index contributed by atoms with van der Waals surface area (Å²) < 4.78 is 0. The lowest BCUT2D eigenvalue weighted by Gasteiger charge is -2.34. The third-order valence-corrected chi connectivity index (χ3v) is 3.99. The third kappa shape index (κ3) is 3.39. The number of nitrogens with one attached hydrogen (secondary N) is 2. The highest BCUT2D eigenvalue weighted by Gasteiger charge is 2.29. The maximum atomic E-state index is 12.4. The van der Waals surface area contributed by atoms with Crippen LogP contribution in [0.15, 0.2) is 18.2 Å². The first kappa shape index (κ1) is 14.2. The number of halogens is 1. The topological polar surface area (TPSA) is 67.2 Å². The first-order chi connectivity index (χ1) is 9.04. The van der Waals surface area contributed by atoms with E-state index in [2.05, 4.69) is 17.7 Å². The van der Waals surface area contributed by atoms with Gasteiger partial charge in [0.05, 0.1) is 11.3 Å². The Labute approximate surface area is 118 Å². The molecular formula is C14H20ClN3O. The second kappa shape index (κ2) is 5.80. The number of anilines is 1. The van der Waals surface area contributed by atoms with E-state index in [4.69, 9.17) is 17.4 Å².